The molecule has 2 saturated heterocycles. The van der Waals surface area contributed by atoms with E-state index in [4.69, 9.17) is 0 Å². The zero-order chi connectivity index (χ0) is 11.9. The van der Waals surface area contributed by atoms with Crippen molar-refractivity contribution in [3.8, 4) is 0 Å². The minimum Gasteiger partial charge on any atom is -0.330 e. The Bertz CT molecular complexity index is 423. The minimum atomic E-state index is 0.731. The van der Waals surface area contributed by atoms with E-state index in [1.165, 1.54) is 50.9 Å². The molecule has 1 saturated carbocycles. The van der Waals surface area contributed by atoms with Gasteiger partial charge in [-0.1, -0.05) is 0 Å². The third kappa shape index (κ3) is 2.08. The molecule has 2 aliphatic heterocycles. The van der Waals surface area contributed by atoms with Crippen LogP contribution < -0.4 is 5.32 Å². The molecule has 0 aromatic carbocycles. The first-order chi connectivity index (χ1) is 8.88. The Hall–Kier alpha value is -0.870. The number of rotatable bonds is 3. The number of aromatic nitrogens is 2. The van der Waals surface area contributed by atoms with E-state index in [2.05, 4.69) is 26.0 Å². The molecule has 3 fully saturated rings. The number of hydrogen-bond donors (Lipinski definition) is 1. The maximum atomic E-state index is 4.34. The number of nitrogens with one attached hydrogen (secondary N) is 1. The van der Waals surface area contributed by atoms with Gasteiger partial charge in [-0.2, -0.15) is 0 Å². The predicted octanol–water partition coefficient (Wildman–Crippen LogP) is 1.54. The van der Waals surface area contributed by atoms with E-state index in [1.807, 2.05) is 6.33 Å². The third-order valence-corrected chi connectivity index (χ3v) is 4.68. The molecule has 2 unspecified atom stereocenters. The van der Waals surface area contributed by atoms with Gasteiger partial charge in [0.2, 0.25) is 0 Å². The van der Waals surface area contributed by atoms with Gasteiger partial charge in [-0.15, -0.1) is 0 Å². The van der Waals surface area contributed by atoms with E-state index in [0.29, 0.717) is 0 Å². The van der Waals surface area contributed by atoms with Crippen molar-refractivity contribution < 1.29 is 0 Å². The fourth-order valence-electron chi connectivity index (χ4n) is 3.52. The summed E-state index contributed by atoms with van der Waals surface area (Å²) >= 11 is 0. The van der Waals surface area contributed by atoms with Crippen molar-refractivity contribution in [1.82, 2.24) is 19.8 Å². The predicted molar refractivity (Wildman–Crippen MR) is 70.3 cm³/mol. The molecule has 0 spiro atoms. The molecule has 3 heterocycles. The Kier molecular flexibility index (Phi) is 2.66. The topological polar surface area (TPSA) is 33.1 Å². The minimum absolute atomic E-state index is 0.731. The van der Waals surface area contributed by atoms with Crippen LogP contribution in [-0.2, 0) is 6.54 Å². The molecule has 0 amide bonds. The Labute approximate surface area is 108 Å². The molecule has 4 heteroatoms. The zero-order valence-electron chi connectivity index (χ0n) is 10.9. The molecule has 2 atom stereocenters. The van der Waals surface area contributed by atoms with E-state index in [0.717, 1.165) is 24.7 Å². The summed E-state index contributed by atoms with van der Waals surface area (Å²) < 4.78 is 2.40. The van der Waals surface area contributed by atoms with Crippen LogP contribution in [0.5, 0.6) is 0 Å². The Balaban J connectivity index is 1.45. The van der Waals surface area contributed by atoms with Gasteiger partial charge in [0.05, 0.1) is 12.0 Å². The van der Waals surface area contributed by atoms with Crippen LogP contribution in [0.3, 0.4) is 0 Å². The van der Waals surface area contributed by atoms with Gasteiger partial charge >= 0.3 is 0 Å². The molecular formula is C14H22N4. The van der Waals surface area contributed by atoms with Gasteiger partial charge in [0.15, 0.2) is 0 Å². The fourth-order valence-corrected chi connectivity index (χ4v) is 3.52. The summed E-state index contributed by atoms with van der Waals surface area (Å²) in [7, 11) is 0. The molecule has 2 bridgehead atoms. The maximum Gasteiger partial charge on any atom is 0.0951 e. The van der Waals surface area contributed by atoms with Crippen LogP contribution in [0.1, 0.15) is 43.8 Å². The van der Waals surface area contributed by atoms with Gasteiger partial charge < -0.3 is 9.88 Å². The fraction of sp³-hybridized carbons (Fsp3) is 0.786. The number of fused-ring (bicyclic) bond motifs is 2. The average molecular weight is 246 g/mol. The van der Waals surface area contributed by atoms with Crippen LogP contribution in [0.2, 0.25) is 0 Å². The monoisotopic (exact) mass is 246 g/mol. The quantitative estimate of drug-likeness (QED) is 0.878. The number of likely N-dealkylation sites (tertiary alicyclic amines) is 1. The molecule has 1 aliphatic carbocycles. The Morgan fingerprint density at radius 1 is 1.17 bits per heavy atom. The van der Waals surface area contributed by atoms with E-state index < -0.39 is 0 Å². The summed E-state index contributed by atoms with van der Waals surface area (Å²) in [6, 6.07) is 2.27. The van der Waals surface area contributed by atoms with Gasteiger partial charge in [0, 0.05) is 44.0 Å². The number of hydrogen-bond acceptors (Lipinski definition) is 3. The van der Waals surface area contributed by atoms with Crippen molar-refractivity contribution in [3.63, 3.8) is 0 Å². The lowest BCUT2D eigenvalue weighted by Crippen LogP contribution is -2.35. The molecule has 4 rings (SSSR count). The van der Waals surface area contributed by atoms with Gasteiger partial charge in [-0.3, -0.25) is 4.90 Å². The van der Waals surface area contributed by atoms with Crippen molar-refractivity contribution in [1.29, 1.82) is 0 Å². The summed E-state index contributed by atoms with van der Waals surface area (Å²) in [6.45, 7) is 3.54. The number of imidazole rings is 1. The van der Waals surface area contributed by atoms with Gasteiger partial charge in [0.25, 0.3) is 0 Å². The van der Waals surface area contributed by atoms with Crippen molar-refractivity contribution in [2.75, 3.05) is 13.1 Å². The van der Waals surface area contributed by atoms with Gasteiger partial charge in [-0.05, 0) is 32.1 Å². The third-order valence-electron chi connectivity index (χ3n) is 4.68. The summed E-state index contributed by atoms with van der Waals surface area (Å²) in [4.78, 5) is 6.96. The lowest BCUT2D eigenvalue weighted by Gasteiger charge is -2.24. The smallest absolute Gasteiger partial charge is 0.0951 e. The first-order valence-corrected chi connectivity index (χ1v) is 7.37. The summed E-state index contributed by atoms with van der Waals surface area (Å²) in [5.41, 5.74) is 1.41. The molecule has 1 aromatic heterocycles. The average Bonchev–Trinajstić information content (AvgIpc) is 2.99. The highest BCUT2D eigenvalue weighted by Gasteiger charge is 2.30. The maximum absolute atomic E-state index is 4.34. The standard InChI is InChI=1S/C14H22N4/c1-2-12-8-17(6-5-11(1)16-12)9-14-7-15-10-18(14)13-3-4-13/h7,10-13,16H,1-6,8-9H2. The van der Waals surface area contributed by atoms with Crippen LogP contribution in [0.4, 0.5) is 0 Å². The summed E-state index contributed by atoms with van der Waals surface area (Å²) in [6.07, 6.45) is 10.8. The first kappa shape index (κ1) is 11.0. The van der Waals surface area contributed by atoms with Gasteiger partial charge in [0.1, 0.15) is 0 Å². The van der Waals surface area contributed by atoms with Crippen LogP contribution >= 0.6 is 0 Å². The second-order valence-electron chi connectivity index (χ2n) is 6.19. The Morgan fingerprint density at radius 3 is 2.94 bits per heavy atom. The first-order valence-electron chi connectivity index (χ1n) is 7.37. The second kappa shape index (κ2) is 4.35. The largest absolute Gasteiger partial charge is 0.330 e. The van der Waals surface area contributed by atoms with E-state index in [1.54, 1.807) is 0 Å². The molecule has 0 radical (unpaired) electrons. The Morgan fingerprint density at radius 2 is 2.06 bits per heavy atom. The molecule has 98 valence electrons. The summed E-state index contributed by atoms with van der Waals surface area (Å²) in [5, 5.41) is 3.75. The van der Waals surface area contributed by atoms with Crippen molar-refractivity contribution in [3.05, 3.63) is 18.2 Å². The van der Waals surface area contributed by atoms with Crippen molar-refractivity contribution in [2.24, 2.45) is 0 Å². The normalized spacial score (nSPS) is 32.7. The molecule has 3 aliphatic rings. The van der Waals surface area contributed by atoms with E-state index in [-0.39, 0.29) is 0 Å². The van der Waals surface area contributed by atoms with Crippen molar-refractivity contribution >= 4 is 0 Å². The highest BCUT2D eigenvalue weighted by Crippen LogP contribution is 2.36. The lowest BCUT2D eigenvalue weighted by atomic mass is 10.1. The molecule has 1 N–H and O–H groups in total. The SMILES string of the molecule is c1ncn(C2CC2)c1CN1CCC2CCC(C1)N2. The van der Waals surface area contributed by atoms with Crippen LogP contribution in [0, 0.1) is 0 Å². The van der Waals surface area contributed by atoms with E-state index >= 15 is 0 Å². The number of nitrogens with zero attached hydrogens (tertiary/aromatic N) is 3. The van der Waals surface area contributed by atoms with Crippen molar-refractivity contribution in [2.45, 2.75) is 56.8 Å². The second-order valence-corrected chi connectivity index (χ2v) is 6.19. The highest BCUT2D eigenvalue weighted by molar-refractivity contribution is 5.04. The lowest BCUT2D eigenvalue weighted by molar-refractivity contribution is 0.245. The molecule has 18 heavy (non-hydrogen) atoms. The van der Waals surface area contributed by atoms with Crippen LogP contribution in [0.25, 0.3) is 0 Å². The molecule has 1 aromatic rings. The summed E-state index contributed by atoms with van der Waals surface area (Å²) in [5.74, 6) is 0. The van der Waals surface area contributed by atoms with E-state index in [9.17, 15) is 0 Å². The molecular weight excluding hydrogens is 224 g/mol. The molecule has 4 nitrogen and oxygen atoms in total. The van der Waals surface area contributed by atoms with Gasteiger partial charge in [-0.25, -0.2) is 4.98 Å². The zero-order valence-corrected chi connectivity index (χ0v) is 10.9. The highest BCUT2D eigenvalue weighted by atomic mass is 15.2. The van der Waals surface area contributed by atoms with Crippen LogP contribution in [-0.4, -0.2) is 39.6 Å². The van der Waals surface area contributed by atoms with Crippen LogP contribution in [0.15, 0.2) is 12.5 Å².